The van der Waals surface area contributed by atoms with Crippen LogP contribution in [0.4, 0.5) is 0 Å². The Kier molecular flexibility index (Phi) is 5.95. The van der Waals surface area contributed by atoms with E-state index in [4.69, 9.17) is 10.2 Å². The number of H-pyrrole nitrogens is 1. The maximum atomic E-state index is 12.0. The van der Waals surface area contributed by atoms with Gasteiger partial charge in [-0.15, -0.1) is 10.2 Å². The molecule has 0 radical (unpaired) electrons. The van der Waals surface area contributed by atoms with E-state index in [2.05, 4.69) is 21.2 Å². The van der Waals surface area contributed by atoms with Gasteiger partial charge in [-0.2, -0.15) is 0 Å². The maximum Gasteiger partial charge on any atom is 0.277 e. The van der Waals surface area contributed by atoms with E-state index in [1.807, 2.05) is 38.2 Å². The zero-order valence-electron chi connectivity index (χ0n) is 14.9. The largest absolute Gasteiger partial charge is 0.414 e. The van der Waals surface area contributed by atoms with E-state index in [-0.39, 0.29) is 11.7 Å². The third kappa shape index (κ3) is 4.08. The highest BCUT2D eigenvalue weighted by atomic mass is 32.2. The quantitative estimate of drug-likeness (QED) is 0.589. The van der Waals surface area contributed by atoms with Gasteiger partial charge in [-0.05, 0) is 31.9 Å². The Hall–Kier alpha value is -2.32. The SMILES string of the molecule is CCN(CC)C(=O)CSc1nnc(C(N)Cc2c[nH]c3ccccc23)o1. The summed E-state index contributed by atoms with van der Waals surface area (Å²) in [6, 6.07) is 7.68. The van der Waals surface area contributed by atoms with Gasteiger partial charge in [-0.1, -0.05) is 30.0 Å². The zero-order chi connectivity index (χ0) is 18.5. The number of aromatic amines is 1. The summed E-state index contributed by atoms with van der Waals surface area (Å²) >= 11 is 1.24. The number of carbonyl (C=O) groups is 1. The summed E-state index contributed by atoms with van der Waals surface area (Å²) in [7, 11) is 0. The highest BCUT2D eigenvalue weighted by molar-refractivity contribution is 7.99. The third-order valence-electron chi connectivity index (χ3n) is 4.29. The second-order valence-electron chi connectivity index (χ2n) is 5.93. The van der Waals surface area contributed by atoms with Crippen molar-refractivity contribution in [3.05, 3.63) is 41.9 Å². The molecular weight excluding hydrogens is 350 g/mol. The Balaban J connectivity index is 1.61. The van der Waals surface area contributed by atoms with E-state index in [9.17, 15) is 4.79 Å². The van der Waals surface area contributed by atoms with E-state index >= 15 is 0 Å². The molecule has 0 aliphatic carbocycles. The number of thioether (sulfide) groups is 1. The van der Waals surface area contributed by atoms with Crippen LogP contribution in [0.15, 0.2) is 40.1 Å². The Morgan fingerprint density at radius 2 is 2.08 bits per heavy atom. The second-order valence-corrected chi connectivity index (χ2v) is 6.86. The van der Waals surface area contributed by atoms with Crippen LogP contribution in [-0.4, -0.2) is 44.8 Å². The molecule has 3 rings (SSSR count). The number of aromatic nitrogens is 3. The molecule has 1 aromatic carbocycles. The molecule has 8 heteroatoms. The lowest BCUT2D eigenvalue weighted by molar-refractivity contribution is -0.127. The van der Waals surface area contributed by atoms with Gasteiger partial charge < -0.3 is 20.0 Å². The van der Waals surface area contributed by atoms with Crippen LogP contribution in [0.2, 0.25) is 0 Å². The van der Waals surface area contributed by atoms with E-state index in [0.29, 0.717) is 30.6 Å². The van der Waals surface area contributed by atoms with Crippen molar-refractivity contribution in [2.45, 2.75) is 31.5 Å². The van der Waals surface area contributed by atoms with Crippen molar-refractivity contribution in [1.29, 1.82) is 0 Å². The van der Waals surface area contributed by atoms with Crippen molar-refractivity contribution in [2.75, 3.05) is 18.8 Å². The van der Waals surface area contributed by atoms with Crippen LogP contribution in [0.5, 0.6) is 0 Å². The molecule has 2 heterocycles. The lowest BCUT2D eigenvalue weighted by Gasteiger charge is -2.17. The summed E-state index contributed by atoms with van der Waals surface area (Å²) in [6.07, 6.45) is 2.55. The normalized spacial score (nSPS) is 12.4. The molecule has 0 fully saturated rings. The Morgan fingerprint density at radius 3 is 2.85 bits per heavy atom. The standard InChI is InChI=1S/C18H23N5O2S/c1-3-23(4-2)16(24)11-26-18-22-21-17(25-18)14(19)9-12-10-20-15-8-6-5-7-13(12)15/h5-8,10,14,20H,3-4,9,11,19H2,1-2H3. The molecule has 0 bridgehead atoms. The molecule has 0 aliphatic rings. The van der Waals surface area contributed by atoms with Crippen LogP contribution in [-0.2, 0) is 11.2 Å². The molecule has 138 valence electrons. The van der Waals surface area contributed by atoms with Crippen molar-refractivity contribution >= 4 is 28.6 Å². The molecule has 26 heavy (non-hydrogen) atoms. The van der Waals surface area contributed by atoms with Gasteiger partial charge in [0.1, 0.15) is 0 Å². The number of fused-ring (bicyclic) bond motifs is 1. The highest BCUT2D eigenvalue weighted by Crippen LogP contribution is 2.24. The first kappa shape index (κ1) is 18.5. The molecule has 0 saturated heterocycles. The fourth-order valence-corrected chi connectivity index (χ4v) is 3.52. The molecule has 1 amide bonds. The van der Waals surface area contributed by atoms with Crippen LogP contribution in [0.1, 0.15) is 31.3 Å². The number of para-hydroxylation sites is 1. The average Bonchev–Trinajstić information content (AvgIpc) is 3.29. The third-order valence-corrected chi connectivity index (χ3v) is 5.09. The number of rotatable bonds is 8. The van der Waals surface area contributed by atoms with E-state index in [0.717, 1.165) is 16.5 Å². The number of carbonyl (C=O) groups excluding carboxylic acids is 1. The van der Waals surface area contributed by atoms with Crippen molar-refractivity contribution < 1.29 is 9.21 Å². The molecular formula is C18H23N5O2S. The Morgan fingerprint density at radius 1 is 1.31 bits per heavy atom. The molecule has 3 N–H and O–H groups in total. The molecule has 0 spiro atoms. The summed E-state index contributed by atoms with van der Waals surface area (Å²) in [5.74, 6) is 0.719. The van der Waals surface area contributed by atoms with Crippen molar-refractivity contribution in [3.8, 4) is 0 Å². The molecule has 0 aliphatic heterocycles. The summed E-state index contributed by atoms with van der Waals surface area (Å²) in [4.78, 5) is 17.0. The number of nitrogens with zero attached hydrogens (tertiary/aromatic N) is 3. The van der Waals surface area contributed by atoms with E-state index in [1.165, 1.54) is 11.8 Å². The Bertz CT molecular complexity index is 871. The fourth-order valence-electron chi connectivity index (χ4n) is 2.84. The minimum Gasteiger partial charge on any atom is -0.414 e. The zero-order valence-corrected chi connectivity index (χ0v) is 15.8. The summed E-state index contributed by atoms with van der Waals surface area (Å²) in [5, 5.41) is 9.55. The molecule has 1 atom stereocenters. The lowest BCUT2D eigenvalue weighted by atomic mass is 10.1. The number of nitrogens with two attached hydrogens (primary N) is 1. The monoisotopic (exact) mass is 373 g/mol. The van der Waals surface area contributed by atoms with Crippen LogP contribution < -0.4 is 5.73 Å². The molecule has 7 nitrogen and oxygen atoms in total. The van der Waals surface area contributed by atoms with Gasteiger partial charge in [0.2, 0.25) is 11.8 Å². The first-order valence-electron chi connectivity index (χ1n) is 8.66. The fraction of sp³-hybridized carbons (Fsp3) is 0.389. The lowest BCUT2D eigenvalue weighted by Crippen LogP contribution is -2.31. The van der Waals surface area contributed by atoms with E-state index in [1.54, 1.807) is 4.90 Å². The van der Waals surface area contributed by atoms with Gasteiger partial charge in [0.05, 0.1) is 11.8 Å². The number of benzene rings is 1. The van der Waals surface area contributed by atoms with Gasteiger partial charge in [0, 0.05) is 30.2 Å². The van der Waals surface area contributed by atoms with Crippen LogP contribution in [0.3, 0.4) is 0 Å². The second kappa shape index (κ2) is 8.37. The van der Waals surface area contributed by atoms with Gasteiger partial charge in [0.15, 0.2) is 0 Å². The predicted octanol–water partition coefficient (Wildman–Crippen LogP) is 2.75. The van der Waals surface area contributed by atoms with Gasteiger partial charge in [0.25, 0.3) is 5.22 Å². The molecule has 3 aromatic rings. The van der Waals surface area contributed by atoms with E-state index < -0.39 is 6.04 Å². The topological polar surface area (TPSA) is 101 Å². The summed E-state index contributed by atoms with van der Waals surface area (Å²) in [5.41, 5.74) is 8.43. The van der Waals surface area contributed by atoms with Crippen molar-refractivity contribution in [1.82, 2.24) is 20.1 Å². The Labute approximate surface area is 156 Å². The molecule has 2 aromatic heterocycles. The first-order chi connectivity index (χ1) is 12.6. The van der Waals surface area contributed by atoms with Gasteiger partial charge >= 0.3 is 0 Å². The average molecular weight is 373 g/mol. The smallest absolute Gasteiger partial charge is 0.277 e. The number of nitrogens with one attached hydrogen (secondary N) is 1. The first-order valence-corrected chi connectivity index (χ1v) is 9.65. The van der Waals surface area contributed by atoms with Crippen LogP contribution in [0, 0.1) is 0 Å². The minimum absolute atomic E-state index is 0.0582. The molecule has 0 saturated carbocycles. The van der Waals surface area contributed by atoms with Crippen molar-refractivity contribution in [3.63, 3.8) is 0 Å². The van der Waals surface area contributed by atoms with Gasteiger partial charge in [-0.3, -0.25) is 4.79 Å². The molecule has 1 unspecified atom stereocenters. The summed E-state index contributed by atoms with van der Waals surface area (Å²) < 4.78 is 5.64. The predicted molar refractivity (Wildman–Crippen MR) is 102 cm³/mol. The summed E-state index contributed by atoms with van der Waals surface area (Å²) in [6.45, 7) is 5.31. The van der Waals surface area contributed by atoms with Crippen molar-refractivity contribution in [2.24, 2.45) is 5.73 Å². The number of hydrogen-bond acceptors (Lipinski definition) is 6. The van der Waals surface area contributed by atoms with Gasteiger partial charge in [-0.25, -0.2) is 0 Å². The number of amides is 1. The minimum atomic E-state index is -0.394. The maximum absolute atomic E-state index is 12.0. The van der Waals surface area contributed by atoms with Crippen LogP contribution in [0.25, 0.3) is 10.9 Å². The highest BCUT2D eigenvalue weighted by Gasteiger charge is 2.18. The number of hydrogen-bond donors (Lipinski definition) is 2. The van der Waals surface area contributed by atoms with Crippen LogP contribution >= 0.6 is 11.8 Å².